The van der Waals surface area contributed by atoms with Gasteiger partial charge in [-0.05, 0) is 54.3 Å². The Labute approximate surface area is 151 Å². The van der Waals surface area contributed by atoms with Crippen molar-refractivity contribution >= 4 is 17.4 Å². The maximum atomic E-state index is 12.8. The number of pyridine rings is 1. The fourth-order valence-corrected chi connectivity index (χ4v) is 3.12. The molecule has 0 aliphatic carbocycles. The van der Waals surface area contributed by atoms with Crippen molar-refractivity contribution in [2.75, 3.05) is 16.8 Å². The predicted octanol–water partition coefficient (Wildman–Crippen LogP) is 3.08. The second-order valence-corrected chi connectivity index (χ2v) is 6.20. The number of aromatic nitrogens is 3. The van der Waals surface area contributed by atoms with Crippen LogP contribution in [0.1, 0.15) is 28.0 Å². The van der Waals surface area contributed by atoms with E-state index in [0.29, 0.717) is 24.6 Å². The van der Waals surface area contributed by atoms with Gasteiger partial charge in [0.1, 0.15) is 5.82 Å². The Morgan fingerprint density at radius 3 is 2.69 bits per heavy atom. The van der Waals surface area contributed by atoms with Crippen molar-refractivity contribution in [1.82, 2.24) is 15.2 Å². The monoisotopic (exact) mass is 345 g/mol. The molecule has 1 N–H and O–H groups in total. The zero-order valence-electron chi connectivity index (χ0n) is 14.3. The van der Waals surface area contributed by atoms with Crippen molar-refractivity contribution < 1.29 is 4.79 Å². The van der Waals surface area contributed by atoms with Crippen LogP contribution in [0.4, 0.5) is 11.5 Å². The maximum absolute atomic E-state index is 12.8. The molecule has 1 amide bonds. The van der Waals surface area contributed by atoms with Crippen LogP contribution in [-0.2, 0) is 13.0 Å². The van der Waals surface area contributed by atoms with Crippen LogP contribution in [0.3, 0.4) is 0 Å². The molecule has 130 valence electrons. The molecule has 0 saturated carbocycles. The van der Waals surface area contributed by atoms with E-state index in [9.17, 15) is 4.79 Å². The number of benzene rings is 1. The first-order valence-corrected chi connectivity index (χ1v) is 8.67. The highest BCUT2D eigenvalue weighted by atomic mass is 16.2. The normalized spacial score (nSPS) is 13.2. The highest BCUT2D eigenvalue weighted by Crippen LogP contribution is 2.27. The van der Waals surface area contributed by atoms with Crippen LogP contribution in [0.25, 0.3) is 0 Å². The number of para-hydroxylation sites is 1. The molecule has 2 aromatic heterocycles. The number of anilines is 2. The topological polar surface area (TPSA) is 71.0 Å². The Balaban J connectivity index is 1.46. The third-order valence-corrected chi connectivity index (χ3v) is 4.46. The summed E-state index contributed by atoms with van der Waals surface area (Å²) in [6.07, 6.45) is 5.47. The van der Waals surface area contributed by atoms with E-state index in [4.69, 9.17) is 0 Å². The lowest BCUT2D eigenvalue weighted by Crippen LogP contribution is -2.36. The van der Waals surface area contributed by atoms with Gasteiger partial charge >= 0.3 is 0 Å². The minimum atomic E-state index is -0.106. The van der Waals surface area contributed by atoms with E-state index in [2.05, 4.69) is 26.6 Å². The van der Waals surface area contributed by atoms with Gasteiger partial charge in [-0.1, -0.05) is 18.2 Å². The van der Waals surface area contributed by atoms with Gasteiger partial charge in [-0.2, -0.15) is 0 Å². The molecule has 0 atom stereocenters. The van der Waals surface area contributed by atoms with E-state index in [1.54, 1.807) is 29.4 Å². The summed E-state index contributed by atoms with van der Waals surface area (Å²) >= 11 is 0. The van der Waals surface area contributed by atoms with Crippen LogP contribution >= 0.6 is 0 Å². The van der Waals surface area contributed by atoms with E-state index in [1.165, 1.54) is 5.56 Å². The minimum absolute atomic E-state index is 0.106. The predicted molar refractivity (Wildman–Crippen MR) is 100 cm³/mol. The SMILES string of the molecule is O=C(c1ccc(NCc2ccncc2)nn1)N1CCCc2ccccc21. The Kier molecular flexibility index (Phi) is 4.55. The van der Waals surface area contributed by atoms with Crippen LogP contribution in [0, 0.1) is 0 Å². The van der Waals surface area contributed by atoms with Crippen LogP contribution in [0.2, 0.25) is 0 Å². The van der Waals surface area contributed by atoms with E-state index in [1.807, 2.05) is 30.3 Å². The van der Waals surface area contributed by atoms with Crippen LogP contribution in [0.15, 0.2) is 60.9 Å². The first-order valence-electron chi connectivity index (χ1n) is 8.67. The summed E-state index contributed by atoms with van der Waals surface area (Å²) in [7, 11) is 0. The molecule has 26 heavy (non-hydrogen) atoms. The van der Waals surface area contributed by atoms with Gasteiger partial charge in [-0.25, -0.2) is 0 Å². The third-order valence-electron chi connectivity index (χ3n) is 4.46. The molecule has 6 heteroatoms. The highest BCUT2D eigenvalue weighted by Gasteiger charge is 2.24. The van der Waals surface area contributed by atoms with E-state index in [-0.39, 0.29) is 5.91 Å². The largest absolute Gasteiger partial charge is 0.365 e. The maximum Gasteiger partial charge on any atom is 0.278 e. The molecular formula is C20H19N5O. The number of hydrogen-bond donors (Lipinski definition) is 1. The molecule has 3 aromatic rings. The van der Waals surface area contributed by atoms with E-state index in [0.717, 1.165) is 24.1 Å². The van der Waals surface area contributed by atoms with Gasteiger partial charge < -0.3 is 10.2 Å². The minimum Gasteiger partial charge on any atom is -0.365 e. The van der Waals surface area contributed by atoms with E-state index >= 15 is 0 Å². The van der Waals surface area contributed by atoms with Gasteiger partial charge in [-0.3, -0.25) is 9.78 Å². The molecule has 0 bridgehead atoms. The second-order valence-electron chi connectivity index (χ2n) is 6.20. The molecule has 0 saturated heterocycles. The van der Waals surface area contributed by atoms with E-state index < -0.39 is 0 Å². The lowest BCUT2D eigenvalue weighted by molar-refractivity contribution is 0.0979. The fraction of sp³-hybridized carbons (Fsp3) is 0.200. The Bertz CT molecular complexity index is 896. The summed E-state index contributed by atoms with van der Waals surface area (Å²) in [5.74, 6) is 0.530. The van der Waals surface area contributed by atoms with Crippen LogP contribution in [0.5, 0.6) is 0 Å². The summed E-state index contributed by atoms with van der Waals surface area (Å²) in [5, 5.41) is 11.5. The average molecular weight is 345 g/mol. The van der Waals surface area contributed by atoms with Gasteiger partial charge in [0.05, 0.1) is 0 Å². The molecule has 0 unspecified atom stereocenters. The quantitative estimate of drug-likeness (QED) is 0.787. The van der Waals surface area contributed by atoms with Gasteiger partial charge in [0.2, 0.25) is 0 Å². The molecule has 1 aromatic carbocycles. The summed E-state index contributed by atoms with van der Waals surface area (Å²) in [4.78, 5) is 18.6. The summed E-state index contributed by atoms with van der Waals surface area (Å²) in [5.41, 5.74) is 3.64. The number of hydrogen-bond acceptors (Lipinski definition) is 5. The van der Waals surface area contributed by atoms with Crippen molar-refractivity contribution in [3.63, 3.8) is 0 Å². The number of nitrogens with zero attached hydrogens (tertiary/aromatic N) is 4. The molecule has 6 nitrogen and oxygen atoms in total. The lowest BCUT2D eigenvalue weighted by atomic mass is 10.0. The molecule has 3 heterocycles. The number of aryl methyl sites for hydroxylation is 1. The number of carbonyl (C=O) groups excluding carboxylic acids is 1. The average Bonchev–Trinajstić information content (AvgIpc) is 2.72. The van der Waals surface area contributed by atoms with Gasteiger partial charge in [0.15, 0.2) is 5.69 Å². The van der Waals surface area contributed by atoms with Gasteiger partial charge in [0.25, 0.3) is 5.91 Å². The smallest absolute Gasteiger partial charge is 0.278 e. The van der Waals surface area contributed by atoms with Crippen molar-refractivity contribution in [2.24, 2.45) is 0 Å². The molecule has 0 radical (unpaired) electrons. The van der Waals surface area contributed by atoms with Gasteiger partial charge in [-0.15, -0.1) is 10.2 Å². The summed E-state index contributed by atoms with van der Waals surface area (Å²) in [6, 6.07) is 15.4. The number of rotatable bonds is 4. The molecule has 0 fully saturated rings. The number of amides is 1. The summed E-state index contributed by atoms with van der Waals surface area (Å²) in [6.45, 7) is 1.34. The van der Waals surface area contributed by atoms with Crippen LogP contribution < -0.4 is 10.2 Å². The van der Waals surface area contributed by atoms with Crippen molar-refractivity contribution in [3.05, 3.63) is 77.7 Å². The first kappa shape index (κ1) is 16.2. The molecule has 0 spiro atoms. The molecular weight excluding hydrogens is 326 g/mol. The van der Waals surface area contributed by atoms with Crippen LogP contribution in [-0.4, -0.2) is 27.6 Å². The third kappa shape index (κ3) is 3.39. The fourth-order valence-electron chi connectivity index (χ4n) is 3.12. The standard InChI is InChI=1S/C20H19N5O/c26-20(25-13-3-5-16-4-1-2-6-18(16)25)17-7-8-19(24-23-17)22-14-15-9-11-21-12-10-15/h1-2,4,6-12H,3,5,13-14H2,(H,22,24). The number of fused-ring (bicyclic) bond motifs is 1. The zero-order chi connectivity index (χ0) is 17.8. The number of nitrogens with one attached hydrogen (secondary N) is 1. The molecule has 1 aliphatic heterocycles. The van der Waals surface area contributed by atoms with Crippen molar-refractivity contribution in [1.29, 1.82) is 0 Å². The van der Waals surface area contributed by atoms with Crippen molar-refractivity contribution in [3.8, 4) is 0 Å². The molecule has 4 rings (SSSR count). The second kappa shape index (κ2) is 7.31. The number of carbonyl (C=O) groups is 1. The van der Waals surface area contributed by atoms with Crippen molar-refractivity contribution in [2.45, 2.75) is 19.4 Å². The van der Waals surface area contributed by atoms with Gasteiger partial charge in [0, 0.05) is 31.2 Å². The Morgan fingerprint density at radius 2 is 1.88 bits per heavy atom. The Hall–Kier alpha value is -3.28. The first-order chi connectivity index (χ1) is 12.8. The Morgan fingerprint density at radius 1 is 1.04 bits per heavy atom. The highest BCUT2D eigenvalue weighted by molar-refractivity contribution is 6.05. The zero-order valence-corrected chi connectivity index (χ0v) is 14.3. The summed E-state index contributed by atoms with van der Waals surface area (Å²) < 4.78 is 0. The molecule has 1 aliphatic rings. The lowest BCUT2D eigenvalue weighted by Gasteiger charge is -2.29.